The van der Waals surface area contributed by atoms with Gasteiger partial charge >= 0.3 is 0 Å². The van der Waals surface area contributed by atoms with Crippen molar-refractivity contribution in [3.8, 4) is 6.07 Å². The van der Waals surface area contributed by atoms with E-state index in [0.717, 1.165) is 49.9 Å². The Hall–Kier alpha value is -1.24. The number of anilines is 1. The zero-order chi connectivity index (χ0) is 14.0. The van der Waals surface area contributed by atoms with Gasteiger partial charge in [0.1, 0.15) is 0 Å². The third kappa shape index (κ3) is 2.92. The predicted octanol–water partition coefficient (Wildman–Crippen LogP) is 3.16. The second-order valence-corrected chi connectivity index (χ2v) is 6.46. The summed E-state index contributed by atoms with van der Waals surface area (Å²) in [5.74, 6) is 0. The van der Waals surface area contributed by atoms with Crippen LogP contribution in [0.2, 0.25) is 5.02 Å². The molecule has 1 saturated heterocycles. The molecule has 1 aromatic rings. The van der Waals surface area contributed by atoms with Gasteiger partial charge in [-0.2, -0.15) is 5.26 Å². The van der Waals surface area contributed by atoms with Crippen molar-refractivity contribution in [1.29, 1.82) is 5.26 Å². The van der Waals surface area contributed by atoms with Crippen molar-refractivity contribution in [1.82, 2.24) is 4.90 Å². The molecule has 0 atom stereocenters. The monoisotopic (exact) mass is 289 g/mol. The molecule has 0 amide bonds. The smallest absolute Gasteiger partial charge is 0.0639 e. The molecular formula is C16H20ClN3. The average Bonchev–Trinajstić information content (AvgIpc) is 3.20. The van der Waals surface area contributed by atoms with Crippen molar-refractivity contribution < 1.29 is 0 Å². The van der Waals surface area contributed by atoms with Gasteiger partial charge in [-0.15, -0.1) is 0 Å². The van der Waals surface area contributed by atoms with Crippen LogP contribution in [0, 0.1) is 16.7 Å². The maximum absolute atomic E-state index is 8.90. The van der Waals surface area contributed by atoms with E-state index in [9.17, 15) is 0 Å². The highest BCUT2D eigenvalue weighted by molar-refractivity contribution is 6.33. The zero-order valence-corrected chi connectivity index (χ0v) is 12.4. The van der Waals surface area contributed by atoms with Crippen molar-refractivity contribution in [2.45, 2.75) is 19.3 Å². The molecule has 106 valence electrons. The van der Waals surface area contributed by atoms with Crippen molar-refractivity contribution >= 4 is 17.3 Å². The summed E-state index contributed by atoms with van der Waals surface area (Å²) in [6, 6.07) is 10.4. The van der Waals surface area contributed by atoms with Crippen LogP contribution in [0.5, 0.6) is 0 Å². The molecule has 0 unspecified atom stereocenters. The number of nitrogens with zero attached hydrogens (tertiary/aromatic N) is 3. The number of para-hydroxylation sites is 1. The van der Waals surface area contributed by atoms with E-state index >= 15 is 0 Å². The van der Waals surface area contributed by atoms with Crippen LogP contribution in [0.3, 0.4) is 0 Å². The fourth-order valence-electron chi connectivity index (χ4n) is 3.06. The molecule has 1 aromatic carbocycles. The first kappa shape index (κ1) is 13.7. The Balaban J connectivity index is 1.55. The van der Waals surface area contributed by atoms with E-state index in [-0.39, 0.29) is 0 Å². The number of hydrogen-bond acceptors (Lipinski definition) is 3. The summed E-state index contributed by atoms with van der Waals surface area (Å²) in [5.41, 5.74) is 1.47. The summed E-state index contributed by atoms with van der Waals surface area (Å²) in [6.07, 6.45) is 3.17. The number of nitriles is 1. The molecule has 4 heteroatoms. The topological polar surface area (TPSA) is 30.3 Å². The first-order chi connectivity index (χ1) is 9.72. The molecular weight excluding hydrogens is 270 g/mol. The van der Waals surface area contributed by atoms with Crippen LogP contribution in [-0.2, 0) is 0 Å². The molecule has 3 nitrogen and oxygen atoms in total. The average molecular weight is 290 g/mol. The molecule has 2 fully saturated rings. The highest BCUT2D eigenvalue weighted by Gasteiger charge is 2.43. The van der Waals surface area contributed by atoms with Crippen LogP contribution in [0.4, 0.5) is 5.69 Å². The first-order valence-electron chi connectivity index (χ1n) is 7.31. The maximum atomic E-state index is 8.90. The number of hydrogen-bond donors (Lipinski definition) is 0. The van der Waals surface area contributed by atoms with E-state index in [0.29, 0.717) is 5.41 Å². The fourth-order valence-corrected chi connectivity index (χ4v) is 3.32. The lowest BCUT2D eigenvalue weighted by atomic mass is 10.0. The molecule has 1 aliphatic carbocycles. The minimum absolute atomic E-state index is 0.321. The second-order valence-electron chi connectivity index (χ2n) is 6.05. The summed E-state index contributed by atoms with van der Waals surface area (Å²) in [6.45, 7) is 5.27. The summed E-state index contributed by atoms with van der Waals surface area (Å²) in [5, 5.41) is 9.74. The van der Waals surface area contributed by atoms with Crippen molar-refractivity contribution in [2.75, 3.05) is 37.6 Å². The lowest BCUT2D eigenvalue weighted by Crippen LogP contribution is -2.48. The van der Waals surface area contributed by atoms with E-state index in [1.807, 2.05) is 18.2 Å². The van der Waals surface area contributed by atoms with Gasteiger partial charge in [0.05, 0.1) is 16.8 Å². The van der Waals surface area contributed by atoms with Gasteiger partial charge in [-0.25, -0.2) is 0 Å². The van der Waals surface area contributed by atoms with Gasteiger partial charge in [0.25, 0.3) is 0 Å². The Morgan fingerprint density at radius 3 is 2.45 bits per heavy atom. The first-order valence-corrected chi connectivity index (χ1v) is 7.69. The Kier molecular flexibility index (Phi) is 3.87. The lowest BCUT2D eigenvalue weighted by molar-refractivity contribution is 0.209. The van der Waals surface area contributed by atoms with E-state index in [4.69, 9.17) is 16.9 Å². The summed E-state index contributed by atoms with van der Waals surface area (Å²) in [7, 11) is 0. The summed E-state index contributed by atoms with van der Waals surface area (Å²) < 4.78 is 0. The minimum Gasteiger partial charge on any atom is -0.368 e. The molecule has 3 rings (SSSR count). The molecule has 0 bridgehead atoms. The highest BCUT2D eigenvalue weighted by atomic mass is 35.5. The van der Waals surface area contributed by atoms with Crippen molar-refractivity contribution in [3.63, 3.8) is 0 Å². The van der Waals surface area contributed by atoms with E-state index in [1.165, 1.54) is 12.8 Å². The Labute approximate surface area is 125 Å². The van der Waals surface area contributed by atoms with Gasteiger partial charge in [0.15, 0.2) is 0 Å². The predicted molar refractivity (Wildman–Crippen MR) is 82.0 cm³/mol. The second kappa shape index (κ2) is 5.63. The lowest BCUT2D eigenvalue weighted by Gasteiger charge is -2.37. The molecule has 20 heavy (non-hydrogen) atoms. The number of piperazine rings is 1. The quantitative estimate of drug-likeness (QED) is 0.853. The summed E-state index contributed by atoms with van der Waals surface area (Å²) in [4.78, 5) is 4.88. The normalized spacial score (nSPS) is 21.5. The van der Waals surface area contributed by atoms with Crippen molar-refractivity contribution in [3.05, 3.63) is 29.3 Å². The SMILES string of the molecule is N#CCC1(CN2CCN(c3ccccc3Cl)CC2)CC1. The van der Waals surface area contributed by atoms with Gasteiger partial charge in [-0.3, -0.25) is 4.90 Å². The Morgan fingerprint density at radius 2 is 1.85 bits per heavy atom. The van der Waals surface area contributed by atoms with Gasteiger partial charge in [0.2, 0.25) is 0 Å². The number of benzene rings is 1. The zero-order valence-electron chi connectivity index (χ0n) is 11.7. The van der Waals surface area contributed by atoms with E-state index in [1.54, 1.807) is 0 Å². The number of halogens is 1. The fraction of sp³-hybridized carbons (Fsp3) is 0.562. The Bertz CT molecular complexity index is 511. The molecule has 0 radical (unpaired) electrons. The van der Waals surface area contributed by atoms with Gasteiger partial charge in [0, 0.05) is 39.1 Å². The largest absolute Gasteiger partial charge is 0.368 e. The number of rotatable bonds is 4. The molecule has 1 saturated carbocycles. The van der Waals surface area contributed by atoms with Crippen LogP contribution in [0.1, 0.15) is 19.3 Å². The molecule has 1 heterocycles. The van der Waals surface area contributed by atoms with Crippen LogP contribution >= 0.6 is 11.6 Å². The molecule has 1 aliphatic heterocycles. The van der Waals surface area contributed by atoms with Gasteiger partial charge in [-0.05, 0) is 30.4 Å². The molecule has 0 N–H and O–H groups in total. The standard InChI is InChI=1S/C16H20ClN3/c17-14-3-1-2-4-15(14)20-11-9-19(10-12-20)13-16(5-6-16)7-8-18/h1-4H,5-7,9-13H2. The minimum atomic E-state index is 0.321. The molecule has 2 aliphatic rings. The van der Waals surface area contributed by atoms with E-state index in [2.05, 4.69) is 21.9 Å². The van der Waals surface area contributed by atoms with Crippen LogP contribution in [-0.4, -0.2) is 37.6 Å². The maximum Gasteiger partial charge on any atom is 0.0639 e. The van der Waals surface area contributed by atoms with Gasteiger partial charge in [-0.1, -0.05) is 23.7 Å². The van der Waals surface area contributed by atoms with Crippen molar-refractivity contribution in [2.24, 2.45) is 5.41 Å². The summed E-state index contributed by atoms with van der Waals surface area (Å²) >= 11 is 6.26. The third-order valence-electron chi connectivity index (χ3n) is 4.54. The molecule has 0 aromatic heterocycles. The third-order valence-corrected chi connectivity index (χ3v) is 4.86. The van der Waals surface area contributed by atoms with Gasteiger partial charge < -0.3 is 4.90 Å². The van der Waals surface area contributed by atoms with Crippen LogP contribution in [0.25, 0.3) is 0 Å². The highest BCUT2D eigenvalue weighted by Crippen LogP contribution is 2.49. The Morgan fingerprint density at radius 1 is 1.15 bits per heavy atom. The molecule has 0 spiro atoms. The van der Waals surface area contributed by atoms with Crippen LogP contribution < -0.4 is 4.90 Å². The van der Waals surface area contributed by atoms with E-state index < -0.39 is 0 Å². The van der Waals surface area contributed by atoms with Crippen LogP contribution in [0.15, 0.2) is 24.3 Å².